The number of hydrogen-bond acceptors (Lipinski definition) is 6. The summed E-state index contributed by atoms with van der Waals surface area (Å²) in [5, 5.41) is 10.2. The number of fused-ring (bicyclic) bond motifs is 3. The van der Waals surface area contributed by atoms with Crippen molar-refractivity contribution in [2.24, 2.45) is 0 Å². The van der Waals surface area contributed by atoms with E-state index in [1.165, 1.54) is 0 Å². The minimum absolute atomic E-state index is 0.0184. The van der Waals surface area contributed by atoms with Crippen LogP contribution in [-0.2, 0) is 11.3 Å². The first-order chi connectivity index (χ1) is 12.8. The van der Waals surface area contributed by atoms with E-state index >= 15 is 0 Å². The number of benzene rings is 1. The zero-order valence-corrected chi connectivity index (χ0v) is 16.8. The maximum Gasteiger partial charge on any atom is 0.262 e. The van der Waals surface area contributed by atoms with Gasteiger partial charge in [0.25, 0.3) is 5.56 Å². The highest BCUT2D eigenvalue weighted by Gasteiger charge is 2.16. The molecular weight excluding hydrogens is 368 g/mol. The number of aromatic nitrogens is 4. The molecule has 2 aromatic heterocycles. The Morgan fingerprint density at radius 2 is 2.00 bits per heavy atom. The second-order valence-electron chi connectivity index (χ2n) is 5.69. The number of rotatable bonds is 10. The van der Waals surface area contributed by atoms with Crippen molar-refractivity contribution in [2.75, 3.05) is 30.5 Å². The van der Waals surface area contributed by atoms with Crippen LogP contribution in [0.2, 0.25) is 0 Å². The van der Waals surface area contributed by atoms with Crippen molar-refractivity contribution < 1.29 is 4.74 Å². The van der Waals surface area contributed by atoms with Gasteiger partial charge in [-0.1, -0.05) is 30.8 Å². The average molecular weight is 393 g/mol. The Labute approximate surface area is 161 Å². The number of thioether (sulfide) groups is 2. The summed E-state index contributed by atoms with van der Waals surface area (Å²) in [6, 6.07) is 7.68. The fourth-order valence-corrected chi connectivity index (χ4v) is 4.52. The lowest BCUT2D eigenvalue weighted by Crippen LogP contribution is -2.24. The molecule has 0 amide bonds. The fraction of sp³-hybridized carbons (Fsp3) is 0.500. The van der Waals surface area contributed by atoms with Crippen LogP contribution >= 0.6 is 23.5 Å². The van der Waals surface area contributed by atoms with Gasteiger partial charge in [-0.25, -0.2) is 0 Å². The molecule has 3 rings (SSSR count). The van der Waals surface area contributed by atoms with E-state index in [2.05, 4.69) is 17.1 Å². The van der Waals surface area contributed by atoms with Crippen LogP contribution in [0, 0.1) is 0 Å². The van der Waals surface area contributed by atoms with Crippen LogP contribution in [0.4, 0.5) is 0 Å². The molecule has 0 aliphatic heterocycles. The molecule has 0 aliphatic carbocycles. The van der Waals surface area contributed by atoms with Gasteiger partial charge < -0.3 is 4.74 Å². The summed E-state index contributed by atoms with van der Waals surface area (Å²) in [5.74, 6) is 3.76. The molecule has 0 N–H and O–H groups in total. The monoisotopic (exact) mass is 392 g/mol. The van der Waals surface area contributed by atoms with Gasteiger partial charge in [0.15, 0.2) is 5.16 Å². The minimum Gasteiger partial charge on any atom is -0.382 e. The van der Waals surface area contributed by atoms with Crippen molar-refractivity contribution in [2.45, 2.75) is 32.0 Å². The Morgan fingerprint density at radius 1 is 1.15 bits per heavy atom. The molecule has 140 valence electrons. The van der Waals surface area contributed by atoms with E-state index in [-0.39, 0.29) is 5.56 Å². The third-order valence-corrected chi connectivity index (χ3v) is 6.11. The van der Waals surface area contributed by atoms with E-state index in [0.29, 0.717) is 30.9 Å². The van der Waals surface area contributed by atoms with Crippen molar-refractivity contribution in [3.63, 3.8) is 0 Å². The van der Waals surface area contributed by atoms with Crippen LogP contribution < -0.4 is 5.56 Å². The van der Waals surface area contributed by atoms with Crippen LogP contribution in [0.3, 0.4) is 0 Å². The van der Waals surface area contributed by atoms with Gasteiger partial charge in [-0.05, 0) is 31.2 Å². The standard InChI is InChI=1S/C18H24N4O2S2/c1-3-24-11-7-10-21-16(23)14-8-5-6-9-15(14)22-17(21)19-20-18(22)26-13-12-25-4-2/h5-6,8-9H,3-4,7,10-13H2,1-2H3. The summed E-state index contributed by atoms with van der Waals surface area (Å²) >= 11 is 3.60. The third-order valence-electron chi connectivity index (χ3n) is 4.02. The van der Waals surface area contributed by atoms with Gasteiger partial charge in [0.05, 0.1) is 10.9 Å². The largest absolute Gasteiger partial charge is 0.382 e. The molecule has 0 aliphatic rings. The van der Waals surface area contributed by atoms with E-state index in [9.17, 15) is 4.79 Å². The topological polar surface area (TPSA) is 61.4 Å². The molecular formula is C18H24N4O2S2. The minimum atomic E-state index is -0.0184. The molecule has 1 aromatic carbocycles. The number of aryl methyl sites for hydroxylation is 1. The maximum absolute atomic E-state index is 12.9. The van der Waals surface area contributed by atoms with E-state index in [4.69, 9.17) is 4.74 Å². The molecule has 0 fully saturated rings. The predicted octanol–water partition coefficient (Wildman–Crippen LogP) is 3.32. The Kier molecular flexibility index (Phi) is 6.99. The summed E-state index contributed by atoms with van der Waals surface area (Å²) in [6.07, 6.45) is 0.768. The average Bonchev–Trinajstić information content (AvgIpc) is 3.08. The highest BCUT2D eigenvalue weighted by molar-refractivity contribution is 8.02. The normalized spacial score (nSPS) is 11.6. The molecule has 3 aromatic rings. The molecule has 0 radical (unpaired) electrons. The van der Waals surface area contributed by atoms with Crippen LogP contribution in [-0.4, -0.2) is 49.6 Å². The second kappa shape index (κ2) is 9.43. The summed E-state index contributed by atoms with van der Waals surface area (Å²) in [6.45, 7) is 6.02. The molecule has 8 heteroatoms. The van der Waals surface area contributed by atoms with Gasteiger partial charge in [-0.15, -0.1) is 10.2 Å². The van der Waals surface area contributed by atoms with Crippen molar-refractivity contribution in [3.8, 4) is 0 Å². The van der Waals surface area contributed by atoms with E-state index in [1.54, 1.807) is 16.3 Å². The molecule has 0 bridgehead atoms. The van der Waals surface area contributed by atoms with Crippen molar-refractivity contribution in [1.29, 1.82) is 0 Å². The summed E-state index contributed by atoms with van der Waals surface area (Å²) in [4.78, 5) is 12.9. The molecule has 0 saturated heterocycles. The fourth-order valence-electron chi connectivity index (χ4n) is 2.83. The molecule has 0 saturated carbocycles. The molecule has 26 heavy (non-hydrogen) atoms. The number of ether oxygens (including phenoxy) is 1. The van der Waals surface area contributed by atoms with E-state index < -0.39 is 0 Å². The maximum atomic E-state index is 12.9. The molecule has 0 atom stereocenters. The Hall–Kier alpha value is -1.51. The van der Waals surface area contributed by atoms with Gasteiger partial charge in [-0.2, -0.15) is 11.8 Å². The molecule has 0 spiro atoms. The van der Waals surface area contributed by atoms with Gasteiger partial charge in [0.2, 0.25) is 5.78 Å². The highest BCUT2D eigenvalue weighted by atomic mass is 32.2. The van der Waals surface area contributed by atoms with Crippen LogP contribution in [0.1, 0.15) is 20.3 Å². The summed E-state index contributed by atoms with van der Waals surface area (Å²) < 4.78 is 9.15. The molecule has 0 unspecified atom stereocenters. The smallest absolute Gasteiger partial charge is 0.262 e. The molecule has 2 heterocycles. The van der Waals surface area contributed by atoms with Crippen LogP contribution in [0.15, 0.2) is 34.2 Å². The lowest BCUT2D eigenvalue weighted by molar-refractivity contribution is 0.141. The lowest BCUT2D eigenvalue weighted by Gasteiger charge is -2.11. The zero-order chi connectivity index (χ0) is 18.4. The van der Waals surface area contributed by atoms with Crippen LogP contribution in [0.5, 0.6) is 0 Å². The van der Waals surface area contributed by atoms with Gasteiger partial charge >= 0.3 is 0 Å². The first-order valence-corrected chi connectivity index (χ1v) is 11.1. The SMILES string of the molecule is CCOCCCn1c(=O)c2ccccc2n2c(SCCSCC)nnc12. The second-order valence-corrected chi connectivity index (χ2v) is 8.14. The van der Waals surface area contributed by atoms with E-state index in [0.717, 1.165) is 34.4 Å². The van der Waals surface area contributed by atoms with Gasteiger partial charge in [-0.3, -0.25) is 13.8 Å². The van der Waals surface area contributed by atoms with E-state index in [1.807, 2.05) is 47.4 Å². The van der Waals surface area contributed by atoms with Crippen molar-refractivity contribution >= 4 is 40.2 Å². The summed E-state index contributed by atoms with van der Waals surface area (Å²) in [5.41, 5.74) is 0.847. The number of para-hydroxylation sites is 1. The Morgan fingerprint density at radius 3 is 2.81 bits per heavy atom. The Bertz CT molecular complexity index is 923. The third kappa shape index (κ3) is 4.07. The number of hydrogen-bond donors (Lipinski definition) is 0. The predicted molar refractivity (Wildman–Crippen MR) is 110 cm³/mol. The first kappa shape index (κ1) is 19.3. The lowest BCUT2D eigenvalue weighted by atomic mass is 10.2. The van der Waals surface area contributed by atoms with Crippen molar-refractivity contribution in [3.05, 3.63) is 34.6 Å². The van der Waals surface area contributed by atoms with Gasteiger partial charge in [0, 0.05) is 31.3 Å². The molecule has 6 nitrogen and oxygen atoms in total. The number of nitrogens with zero attached hydrogens (tertiary/aromatic N) is 4. The summed E-state index contributed by atoms with van der Waals surface area (Å²) in [7, 11) is 0. The first-order valence-electron chi connectivity index (χ1n) is 8.92. The zero-order valence-electron chi connectivity index (χ0n) is 15.2. The van der Waals surface area contributed by atoms with Gasteiger partial charge in [0.1, 0.15) is 0 Å². The quantitative estimate of drug-likeness (QED) is 0.390. The Balaban J connectivity index is 2.01. The van der Waals surface area contributed by atoms with Crippen molar-refractivity contribution in [1.82, 2.24) is 19.2 Å². The highest BCUT2D eigenvalue weighted by Crippen LogP contribution is 2.22. The van der Waals surface area contributed by atoms with Crippen LogP contribution in [0.25, 0.3) is 16.7 Å².